The zero-order valence-corrected chi connectivity index (χ0v) is 18.8. The molecule has 0 aromatic rings. The van der Waals surface area contributed by atoms with Gasteiger partial charge in [-0.25, -0.2) is 0 Å². The van der Waals surface area contributed by atoms with Crippen molar-refractivity contribution in [3.05, 3.63) is 0 Å². The molecule has 0 radical (unpaired) electrons. The van der Waals surface area contributed by atoms with Crippen LogP contribution in [-0.4, -0.2) is 0 Å². The molecule has 8 atom stereocenters. The Morgan fingerprint density at radius 3 is 1.35 bits per heavy atom. The molecule has 26 heavy (non-hydrogen) atoms. The van der Waals surface area contributed by atoms with E-state index in [0.29, 0.717) is 0 Å². The second-order valence-corrected chi connectivity index (χ2v) is 11.7. The van der Waals surface area contributed by atoms with Crippen LogP contribution in [0, 0.1) is 59.2 Å². The van der Waals surface area contributed by atoms with E-state index in [1.54, 1.807) is 19.3 Å². The third-order valence-corrected chi connectivity index (χ3v) is 9.11. The summed E-state index contributed by atoms with van der Waals surface area (Å²) in [4.78, 5) is 0. The van der Waals surface area contributed by atoms with Gasteiger partial charge in [-0.05, 0) is 91.3 Å². The lowest BCUT2D eigenvalue weighted by molar-refractivity contribution is 0.0178. The van der Waals surface area contributed by atoms with Crippen LogP contribution in [0.4, 0.5) is 0 Å². The molecule has 152 valence electrons. The zero-order chi connectivity index (χ0) is 18.8. The highest BCUT2D eigenvalue weighted by atomic mass is 14.5. The number of rotatable bonds is 4. The molecule has 0 spiro atoms. The third-order valence-electron chi connectivity index (χ3n) is 9.11. The van der Waals surface area contributed by atoms with Gasteiger partial charge < -0.3 is 0 Å². The lowest BCUT2D eigenvalue weighted by Crippen LogP contribution is -2.39. The van der Waals surface area contributed by atoms with E-state index in [0.717, 1.165) is 59.2 Å². The topological polar surface area (TPSA) is 0 Å². The van der Waals surface area contributed by atoms with E-state index in [-0.39, 0.29) is 0 Å². The fraction of sp³-hybridized carbons (Fsp3) is 1.00. The summed E-state index contributed by atoms with van der Waals surface area (Å²) in [5.74, 6) is 9.96. The van der Waals surface area contributed by atoms with Crippen molar-refractivity contribution in [3.8, 4) is 0 Å². The Labute approximate surface area is 165 Å². The van der Waals surface area contributed by atoms with Gasteiger partial charge in [0.05, 0.1) is 0 Å². The first-order valence-electron chi connectivity index (χ1n) is 12.4. The van der Waals surface area contributed by atoms with Gasteiger partial charge in [-0.3, -0.25) is 0 Å². The quantitative estimate of drug-likeness (QED) is 0.474. The van der Waals surface area contributed by atoms with Gasteiger partial charge in [0.1, 0.15) is 0 Å². The Bertz CT molecular complexity index is 384. The highest BCUT2D eigenvalue weighted by Gasteiger charge is 2.42. The normalized spacial score (nSPS) is 45.2. The molecule has 0 saturated heterocycles. The molecule has 3 aliphatic carbocycles. The van der Waals surface area contributed by atoms with E-state index in [2.05, 4.69) is 41.5 Å². The molecule has 0 aromatic carbocycles. The molecule has 0 aliphatic heterocycles. The van der Waals surface area contributed by atoms with Crippen molar-refractivity contribution in [3.63, 3.8) is 0 Å². The summed E-state index contributed by atoms with van der Waals surface area (Å²) < 4.78 is 0. The van der Waals surface area contributed by atoms with Gasteiger partial charge in [-0.1, -0.05) is 73.6 Å². The van der Waals surface area contributed by atoms with E-state index in [9.17, 15) is 0 Å². The fourth-order valence-electron chi connectivity index (χ4n) is 7.68. The van der Waals surface area contributed by atoms with Gasteiger partial charge >= 0.3 is 0 Å². The van der Waals surface area contributed by atoms with Gasteiger partial charge in [-0.15, -0.1) is 0 Å². The van der Waals surface area contributed by atoms with Crippen LogP contribution in [0.3, 0.4) is 0 Å². The van der Waals surface area contributed by atoms with E-state index in [1.165, 1.54) is 44.9 Å². The van der Waals surface area contributed by atoms with Gasteiger partial charge in [0.15, 0.2) is 0 Å². The van der Waals surface area contributed by atoms with Crippen LogP contribution in [0.15, 0.2) is 0 Å². The van der Waals surface area contributed by atoms with Crippen LogP contribution in [-0.2, 0) is 0 Å². The standard InChI is InChI=1S/C26H48/c1-17(2)23-12-10-19(5)14-25(23)21-8-7-9-22(16-21)26-15-20(6)11-13-24(26)18(3)4/h17-26H,7-16H2,1-6H3/t19?,20?,21-,22-,23?,24?,25?,26?/m1/s1. The summed E-state index contributed by atoms with van der Waals surface area (Å²) in [7, 11) is 0. The lowest BCUT2D eigenvalue weighted by Gasteiger charge is -2.48. The maximum atomic E-state index is 2.53. The van der Waals surface area contributed by atoms with Gasteiger partial charge in [0.2, 0.25) is 0 Å². The van der Waals surface area contributed by atoms with E-state index in [4.69, 9.17) is 0 Å². The molecular weight excluding hydrogens is 312 g/mol. The summed E-state index contributed by atoms with van der Waals surface area (Å²) in [6.45, 7) is 15.1. The predicted octanol–water partition coefficient (Wildman–Crippen LogP) is 8.21. The average Bonchev–Trinajstić information content (AvgIpc) is 2.61. The first-order valence-corrected chi connectivity index (χ1v) is 12.4. The Balaban J connectivity index is 1.71. The average molecular weight is 361 g/mol. The van der Waals surface area contributed by atoms with Gasteiger partial charge in [0, 0.05) is 0 Å². The lowest BCUT2D eigenvalue weighted by atomic mass is 9.57. The monoisotopic (exact) mass is 360 g/mol. The number of hydrogen-bond donors (Lipinski definition) is 0. The SMILES string of the molecule is CC1CCC(C(C)C)C([C@@H]2CCC[C@@H](C3CC(C)CCC3C(C)C)C2)C1. The summed E-state index contributed by atoms with van der Waals surface area (Å²) in [5.41, 5.74) is 0. The Kier molecular flexibility index (Phi) is 7.17. The van der Waals surface area contributed by atoms with Crippen LogP contribution in [0.25, 0.3) is 0 Å². The maximum Gasteiger partial charge on any atom is -0.0352 e. The molecule has 3 saturated carbocycles. The van der Waals surface area contributed by atoms with Crippen LogP contribution >= 0.6 is 0 Å². The van der Waals surface area contributed by atoms with Crippen molar-refractivity contribution >= 4 is 0 Å². The molecule has 3 fully saturated rings. The summed E-state index contributed by atoms with van der Waals surface area (Å²) in [5, 5.41) is 0. The molecule has 0 N–H and O–H groups in total. The Hall–Kier alpha value is 0. The van der Waals surface area contributed by atoms with Crippen molar-refractivity contribution in [2.24, 2.45) is 59.2 Å². The fourth-order valence-corrected chi connectivity index (χ4v) is 7.68. The molecule has 0 heteroatoms. The molecule has 6 unspecified atom stereocenters. The molecule has 0 amide bonds. The van der Waals surface area contributed by atoms with Gasteiger partial charge in [0.25, 0.3) is 0 Å². The molecule has 3 aliphatic rings. The summed E-state index contributed by atoms with van der Waals surface area (Å²) in [6.07, 6.45) is 15.3. The minimum Gasteiger partial charge on any atom is -0.0625 e. The predicted molar refractivity (Wildman–Crippen MR) is 115 cm³/mol. The Morgan fingerprint density at radius 2 is 0.962 bits per heavy atom. The molecule has 0 nitrogen and oxygen atoms in total. The van der Waals surface area contributed by atoms with Crippen LogP contribution in [0.5, 0.6) is 0 Å². The minimum atomic E-state index is 0.894. The van der Waals surface area contributed by atoms with E-state index >= 15 is 0 Å². The van der Waals surface area contributed by atoms with E-state index < -0.39 is 0 Å². The van der Waals surface area contributed by atoms with Crippen molar-refractivity contribution in [1.29, 1.82) is 0 Å². The van der Waals surface area contributed by atoms with Crippen LogP contribution in [0.2, 0.25) is 0 Å². The van der Waals surface area contributed by atoms with Crippen molar-refractivity contribution in [2.75, 3.05) is 0 Å². The molecular formula is C26H48. The zero-order valence-electron chi connectivity index (χ0n) is 18.8. The second-order valence-electron chi connectivity index (χ2n) is 11.7. The first-order chi connectivity index (χ1) is 12.4. The summed E-state index contributed by atoms with van der Waals surface area (Å²) >= 11 is 0. The van der Waals surface area contributed by atoms with Crippen molar-refractivity contribution in [1.82, 2.24) is 0 Å². The summed E-state index contributed by atoms with van der Waals surface area (Å²) in [6, 6.07) is 0. The highest BCUT2D eigenvalue weighted by Crippen LogP contribution is 2.51. The number of hydrogen-bond acceptors (Lipinski definition) is 0. The van der Waals surface area contributed by atoms with E-state index in [1.807, 2.05) is 0 Å². The third kappa shape index (κ3) is 4.70. The molecule has 0 heterocycles. The minimum absolute atomic E-state index is 0.894. The van der Waals surface area contributed by atoms with Crippen LogP contribution in [0.1, 0.15) is 106 Å². The maximum absolute atomic E-state index is 2.53. The molecule has 0 bridgehead atoms. The van der Waals surface area contributed by atoms with Crippen molar-refractivity contribution < 1.29 is 0 Å². The Morgan fingerprint density at radius 1 is 0.538 bits per heavy atom. The second kappa shape index (κ2) is 9.00. The molecule has 0 aromatic heterocycles. The highest BCUT2D eigenvalue weighted by molar-refractivity contribution is 4.92. The molecule has 3 rings (SSSR count). The largest absolute Gasteiger partial charge is 0.0625 e. The smallest absolute Gasteiger partial charge is 0.0352 e. The van der Waals surface area contributed by atoms with Gasteiger partial charge in [-0.2, -0.15) is 0 Å². The first kappa shape index (κ1) is 20.7. The van der Waals surface area contributed by atoms with Crippen LogP contribution < -0.4 is 0 Å². The van der Waals surface area contributed by atoms with Crippen molar-refractivity contribution in [2.45, 2.75) is 106 Å².